The van der Waals surface area contributed by atoms with E-state index in [-0.39, 0.29) is 11.9 Å². The van der Waals surface area contributed by atoms with E-state index in [1.807, 2.05) is 20.8 Å². The molecule has 1 aromatic carbocycles. The summed E-state index contributed by atoms with van der Waals surface area (Å²) in [4.78, 5) is 26.7. The molecule has 2 aliphatic heterocycles. The molecule has 0 bridgehead atoms. The Kier molecular flexibility index (Phi) is 5.25. The van der Waals surface area contributed by atoms with E-state index in [4.69, 9.17) is 14.2 Å². The van der Waals surface area contributed by atoms with E-state index >= 15 is 0 Å². The first-order chi connectivity index (χ1) is 12.3. The van der Waals surface area contributed by atoms with E-state index in [1.54, 1.807) is 23.1 Å². The van der Waals surface area contributed by atoms with Crippen molar-refractivity contribution in [3.8, 4) is 11.5 Å². The molecule has 0 aromatic heterocycles. The smallest absolute Gasteiger partial charge is 0.407 e. The molecule has 1 atom stereocenters. The highest BCUT2D eigenvalue weighted by molar-refractivity contribution is 5.98. The summed E-state index contributed by atoms with van der Waals surface area (Å²) >= 11 is 0. The number of carbonyl (C=O) groups is 2. The Bertz CT molecular complexity index is 683. The number of amides is 2. The number of ether oxygens (including phenoxy) is 3. The molecule has 0 unspecified atom stereocenters. The van der Waals surface area contributed by atoms with E-state index < -0.39 is 11.7 Å². The van der Waals surface area contributed by atoms with Gasteiger partial charge in [-0.15, -0.1) is 0 Å². The third kappa shape index (κ3) is 4.20. The Morgan fingerprint density at radius 3 is 2.81 bits per heavy atom. The quantitative estimate of drug-likeness (QED) is 0.894. The highest BCUT2D eigenvalue weighted by Gasteiger charge is 2.32. The Morgan fingerprint density at radius 1 is 1.27 bits per heavy atom. The van der Waals surface area contributed by atoms with Gasteiger partial charge in [0.15, 0.2) is 11.5 Å². The number of nitrogens with one attached hydrogen (secondary N) is 1. The molecule has 0 radical (unpaired) electrons. The van der Waals surface area contributed by atoms with Crippen LogP contribution in [0.15, 0.2) is 18.2 Å². The molecular formula is C19H26N2O5. The molecule has 1 saturated heterocycles. The van der Waals surface area contributed by atoms with Crippen molar-refractivity contribution in [3.63, 3.8) is 0 Å². The van der Waals surface area contributed by atoms with Crippen LogP contribution in [0, 0.1) is 0 Å². The first-order valence-electron chi connectivity index (χ1n) is 9.01. The minimum Gasteiger partial charge on any atom is -0.486 e. The van der Waals surface area contributed by atoms with Crippen LogP contribution >= 0.6 is 0 Å². The van der Waals surface area contributed by atoms with Gasteiger partial charge in [-0.1, -0.05) is 6.07 Å². The molecule has 0 spiro atoms. The number of para-hydroxylation sites is 1. The lowest BCUT2D eigenvalue weighted by atomic mass is 10.1. The van der Waals surface area contributed by atoms with Crippen LogP contribution in [0.3, 0.4) is 0 Å². The lowest BCUT2D eigenvalue weighted by Gasteiger charge is -2.28. The number of hydrogen-bond acceptors (Lipinski definition) is 5. The van der Waals surface area contributed by atoms with E-state index in [1.165, 1.54) is 0 Å². The second-order valence-electron chi connectivity index (χ2n) is 7.51. The van der Waals surface area contributed by atoms with Gasteiger partial charge in [-0.2, -0.15) is 0 Å². The molecule has 3 rings (SSSR count). The van der Waals surface area contributed by atoms with Crippen molar-refractivity contribution >= 4 is 12.0 Å². The van der Waals surface area contributed by atoms with Crippen molar-refractivity contribution in [3.05, 3.63) is 23.8 Å². The minimum atomic E-state index is -0.546. The van der Waals surface area contributed by atoms with Crippen LogP contribution in [0.2, 0.25) is 0 Å². The number of alkyl carbamates (subject to hydrolysis) is 1. The van der Waals surface area contributed by atoms with Crippen molar-refractivity contribution in [1.82, 2.24) is 10.2 Å². The second-order valence-corrected chi connectivity index (χ2v) is 7.51. The van der Waals surface area contributed by atoms with Crippen molar-refractivity contribution in [2.45, 2.75) is 45.3 Å². The number of likely N-dealkylation sites (tertiary alicyclic amines) is 1. The molecule has 2 heterocycles. The van der Waals surface area contributed by atoms with Gasteiger partial charge in [-0.05, 0) is 45.7 Å². The van der Waals surface area contributed by atoms with Crippen LogP contribution in [-0.2, 0) is 4.74 Å². The van der Waals surface area contributed by atoms with Crippen LogP contribution in [0.4, 0.5) is 4.79 Å². The van der Waals surface area contributed by atoms with Gasteiger partial charge in [-0.25, -0.2) is 4.79 Å². The Balaban J connectivity index is 1.67. The Hall–Kier alpha value is -2.44. The lowest BCUT2D eigenvalue weighted by molar-refractivity contribution is 0.0500. The van der Waals surface area contributed by atoms with Crippen LogP contribution in [0.5, 0.6) is 11.5 Å². The van der Waals surface area contributed by atoms with Gasteiger partial charge < -0.3 is 24.4 Å². The third-order valence-corrected chi connectivity index (χ3v) is 4.32. The van der Waals surface area contributed by atoms with Crippen molar-refractivity contribution < 1.29 is 23.8 Å². The molecule has 7 heteroatoms. The van der Waals surface area contributed by atoms with Crippen LogP contribution in [0.25, 0.3) is 0 Å². The van der Waals surface area contributed by atoms with Gasteiger partial charge in [-0.3, -0.25) is 4.79 Å². The van der Waals surface area contributed by atoms with Crippen LogP contribution in [0.1, 0.15) is 44.0 Å². The number of rotatable bonds is 3. The van der Waals surface area contributed by atoms with Gasteiger partial charge in [0.1, 0.15) is 18.8 Å². The molecule has 0 saturated carbocycles. The van der Waals surface area contributed by atoms with Gasteiger partial charge >= 0.3 is 6.09 Å². The van der Waals surface area contributed by atoms with E-state index in [0.29, 0.717) is 43.4 Å². The Morgan fingerprint density at radius 2 is 2.04 bits per heavy atom. The van der Waals surface area contributed by atoms with Gasteiger partial charge in [0.2, 0.25) is 0 Å². The van der Waals surface area contributed by atoms with Crippen molar-refractivity contribution in [1.29, 1.82) is 0 Å². The summed E-state index contributed by atoms with van der Waals surface area (Å²) in [7, 11) is 0. The zero-order valence-corrected chi connectivity index (χ0v) is 15.5. The average Bonchev–Trinajstić information content (AvgIpc) is 3.06. The first kappa shape index (κ1) is 18.4. The molecule has 26 heavy (non-hydrogen) atoms. The average molecular weight is 362 g/mol. The fraction of sp³-hybridized carbons (Fsp3) is 0.579. The summed E-state index contributed by atoms with van der Waals surface area (Å²) in [6.07, 6.45) is 1.28. The first-order valence-corrected chi connectivity index (χ1v) is 9.01. The fourth-order valence-electron chi connectivity index (χ4n) is 3.23. The molecular weight excluding hydrogens is 336 g/mol. The van der Waals surface area contributed by atoms with E-state index in [0.717, 1.165) is 12.8 Å². The van der Waals surface area contributed by atoms with Gasteiger partial charge in [0.05, 0.1) is 5.56 Å². The van der Waals surface area contributed by atoms with Gasteiger partial charge in [0, 0.05) is 19.1 Å². The van der Waals surface area contributed by atoms with Gasteiger partial charge in [0.25, 0.3) is 5.91 Å². The lowest BCUT2D eigenvalue weighted by Crippen LogP contribution is -2.44. The molecule has 1 N–H and O–H groups in total. The maximum Gasteiger partial charge on any atom is 0.407 e. The number of nitrogens with zero attached hydrogens (tertiary/aromatic N) is 1. The molecule has 7 nitrogen and oxygen atoms in total. The fourth-order valence-corrected chi connectivity index (χ4v) is 3.23. The summed E-state index contributed by atoms with van der Waals surface area (Å²) in [6.45, 7) is 7.39. The number of carbonyl (C=O) groups excluding carboxylic acids is 2. The minimum absolute atomic E-state index is 0.0598. The van der Waals surface area contributed by atoms with Crippen molar-refractivity contribution in [2.75, 3.05) is 26.3 Å². The molecule has 1 fully saturated rings. The zero-order valence-electron chi connectivity index (χ0n) is 15.5. The predicted octanol–water partition coefficient (Wildman–Crippen LogP) is 2.59. The molecule has 0 aliphatic carbocycles. The topological polar surface area (TPSA) is 77.1 Å². The van der Waals surface area contributed by atoms with Crippen LogP contribution < -0.4 is 14.8 Å². The zero-order chi connectivity index (χ0) is 18.7. The summed E-state index contributed by atoms with van der Waals surface area (Å²) in [5.74, 6) is 1.01. The summed E-state index contributed by atoms with van der Waals surface area (Å²) in [5.41, 5.74) is -0.0400. The maximum absolute atomic E-state index is 13.0. The molecule has 2 aliphatic rings. The standard InChI is InChI=1S/C19H26N2O5/c1-19(2,3)26-18(23)20-12-13-6-5-9-21(13)17(22)14-7-4-8-15-16(14)25-11-10-24-15/h4,7-8,13H,5-6,9-12H2,1-3H3,(H,20,23)/t13-/m1/s1. The summed E-state index contributed by atoms with van der Waals surface area (Å²) in [6, 6.07) is 5.30. The third-order valence-electron chi connectivity index (χ3n) is 4.32. The Labute approximate surface area is 153 Å². The van der Waals surface area contributed by atoms with E-state index in [9.17, 15) is 9.59 Å². The summed E-state index contributed by atoms with van der Waals surface area (Å²) in [5, 5.41) is 2.77. The van der Waals surface area contributed by atoms with E-state index in [2.05, 4.69) is 5.32 Å². The second kappa shape index (κ2) is 7.43. The molecule has 142 valence electrons. The highest BCUT2D eigenvalue weighted by Crippen LogP contribution is 2.35. The molecule has 2 amide bonds. The summed E-state index contributed by atoms with van der Waals surface area (Å²) < 4.78 is 16.5. The predicted molar refractivity (Wildman–Crippen MR) is 95.7 cm³/mol. The number of fused-ring (bicyclic) bond motifs is 1. The maximum atomic E-state index is 13.0. The highest BCUT2D eigenvalue weighted by atomic mass is 16.6. The normalized spacial score (nSPS) is 19.2. The van der Waals surface area contributed by atoms with Crippen molar-refractivity contribution in [2.24, 2.45) is 0 Å². The van der Waals surface area contributed by atoms with Crippen LogP contribution in [-0.4, -0.2) is 54.8 Å². The SMILES string of the molecule is CC(C)(C)OC(=O)NC[C@H]1CCCN1C(=O)c1cccc2c1OCCO2. The molecule has 1 aromatic rings. The largest absolute Gasteiger partial charge is 0.486 e. The number of hydrogen-bond donors (Lipinski definition) is 1. The number of benzene rings is 1. The monoisotopic (exact) mass is 362 g/mol.